The van der Waals surface area contributed by atoms with E-state index in [1.165, 1.54) is 0 Å². The van der Waals surface area contributed by atoms with Crippen molar-refractivity contribution in [1.29, 1.82) is 0 Å². The van der Waals surface area contributed by atoms with E-state index in [1.807, 2.05) is 18.2 Å². The van der Waals surface area contributed by atoms with Crippen LogP contribution in [0.25, 0.3) is 0 Å². The Hall–Kier alpha value is -2.08. The molecule has 0 spiro atoms. The van der Waals surface area contributed by atoms with Crippen molar-refractivity contribution >= 4 is 33.1 Å². The monoisotopic (exact) mass is 380 g/mol. The van der Waals surface area contributed by atoms with Gasteiger partial charge in [-0.15, -0.1) is 0 Å². The van der Waals surface area contributed by atoms with Crippen molar-refractivity contribution in [3.05, 3.63) is 103 Å². The average Bonchev–Trinajstić information content (AvgIpc) is 3.23. The van der Waals surface area contributed by atoms with Crippen molar-refractivity contribution in [1.82, 2.24) is 0 Å². The van der Waals surface area contributed by atoms with Gasteiger partial charge in [-0.25, -0.2) is 0 Å². The van der Waals surface area contributed by atoms with Crippen LogP contribution in [0.4, 0.5) is 0 Å². The fraction of sp³-hybridized carbons (Fsp3) is 0.130. The summed E-state index contributed by atoms with van der Waals surface area (Å²) in [5.74, 6) is -0.0578. The van der Waals surface area contributed by atoms with Crippen LogP contribution in [0.1, 0.15) is 12.8 Å². The third-order valence-electron chi connectivity index (χ3n) is 5.02. The zero-order chi connectivity index (χ0) is 17.9. The van der Waals surface area contributed by atoms with E-state index < -0.39 is 5.96 Å². The molecule has 1 saturated heterocycles. The van der Waals surface area contributed by atoms with Gasteiger partial charge in [0.1, 0.15) is 0 Å². The number of hydrogen-bond acceptors (Lipinski definition) is 1. The van der Waals surface area contributed by atoms with Gasteiger partial charge in [-0.05, 0) is 0 Å². The van der Waals surface area contributed by atoms with Gasteiger partial charge in [-0.3, -0.25) is 0 Å². The van der Waals surface area contributed by atoms with Crippen LogP contribution in [0.15, 0.2) is 103 Å². The molecule has 1 fully saturated rings. The predicted molar refractivity (Wildman–Crippen MR) is 114 cm³/mol. The zero-order valence-electron chi connectivity index (χ0n) is 14.6. The van der Waals surface area contributed by atoms with Crippen LogP contribution in [0.3, 0.4) is 0 Å². The molecule has 0 amide bonds. The molecule has 3 aromatic carbocycles. The van der Waals surface area contributed by atoms with Crippen molar-refractivity contribution in [2.24, 2.45) is 0 Å². The fourth-order valence-corrected chi connectivity index (χ4v) is 9.42. The Bertz CT molecular complexity index is 799. The minimum absolute atomic E-state index is 0.771. The van der Waals surface area contributed by atoms with E-state index in [1.54, 1.807) is 0 Å². The van der Waals surface area contributed by atoms with Crippen molar-refractivity contribution in [2.45, 2.75) is 12.8 Å². The quantitative estimate of drug-likeness (QED) is 0.556. The van der Waals surface area contributed by atoms with Crippen LogP contribution < -0.4 is 15.9 Å². The van der Waals surface area contributed by atoms with Gasteiger partial charge >= 0.3 is 160 Å². The van der Waals surface area contributed by atoms with Gasteiger partial charge in [0.15, 0.2) is 0 Å². The fourth-order valence-electron chi connectivity index (χ4n) is 3.72. The first-order valence-electron chi connectivity index (χ1n) is 8.97. The Morgan fingerprint density at radius 2 is 1.12 bits per heavy atom. The van der Waals surface area contributed by atoms with Gasteiger partial charge < -0.3 is 0 Å². The Morgan fingerprint density at radius 1 is 0.692 bits per heavy atom. The van der Waals surface area contributed by atoms with Crippen molar-refractivity contribution < 1.29 is 4.74 Å². The number of halogens is 1. The first-order valence-corrected chi connectivity index (χ1v) is 12.2. The Balaban J connectivity index is 2.12. The van der Waals surface area contributed by atoms with Crippen LogP contribution in [-0.4, -0.2) is 6.61 Å². The molecular weight excluding hydrogens is 359 g/mol. The molecule has 0 aliphatic carbocycles. The van der Waals surface area contributed by atoms with Crippen molar-refractivity contribution in [3.63, 3.8) is 0 Å². The van der Waals surface area contributed by atoms with Crippen LogP contribution in [0.2, 0.25) is 0 Å². The summed E-state index contributed by atoms with van der Waals surface area (Å²) >= 11 is 7.93. The second kappa shape index (κ2) is 6.91. The molecule has 1 aliphatic rings. The minimum atomic E-state index is -3.32. The molecule has 3 heteroatoms. The SMILES string of the molecule is ClP(C=C1CCCO1)(c1ccccc1)(c1ccccc1)c1ccccc1. The number of hydrogen-bond donors (Lipinski definition) is 0. The zero-order valence-corrected chi connectivity index (χ0v) is 16.2. The number of rotatable bonds is 4. The van der Waals surface area contributed by atoms with E-state index in [2.05, 4.69) is 78.6 Å². The van der Waals surface area contributed by atoms with Crippen molar-refractivity contribution in [3.8, 4) is 0 Å². The van der Waals surface area contributed by atoms with E-state index in [9.17, 15) is 0 Å². The summed E-state index contributed by atoms with van der Waals surface area (Å²) in [5.41, 5.74) is 0. The molecular formula is C23H22ClOP. The molecule has 0 atom stereocenters. The molecule has 0 saturated carbocycles. The van der Waals surface area contributed by atoms with Crippen LogP contribution >= 0.6 is 17.2 Å². The summed E-state index contributed by atoms with van der Waals surface area (Å²) in [6, 6.07) is 31.4. The topological polar surface area (TPSA) is 9.23 Å². The Labute approximate surface area is 160 Å². The third kappa shape index (κ3) is 2.76. The van der Waals surface area contributed by atoms with E-state index in [4.69, 9.17) is 16.0 Å². The summed E-state index contributed by atoms with van der Waals surface area (Å²) in [6.07, 6.45) is 1.99. The summed E-state index contributed by atoms with van der Waals surface area (Å²) in [4.78, 5) is 0. The molecule has 1 aliphatic heterocycles. The Kier molecular flexibility index (Phi) is 4.61. The van der Waals surface area contributed by atoms with E-state index in [-0.39, 0.29) is 0 Å². The van der Waals surface area contributed by atoms with Gasteiger partial charge in [0.05, 0.1) is 0 Å². The molecule has 0 unspecified atom stereocenters. The van der Waals surface area contributed by atoms with Crippen LogP contribution in [0.5, 0.6) is 0 Å². The van der Waals surface area contributed by atoms with Crippen LogP contribution in [-0.2, 0) is 4.74 Å². The normalized spacial score (nSPS) is 17.4. The predicted octanol–water partition coefficient (Wildman–Crippen LogP) is 5.32. The first-order chi connectivity index (χ1) is 12.7. The van der Waals surface area contributed by atoms with Crippen LogP contribution in [0, 0.1) is 0 Å². The number of ether oxygens (including phenoxy) is 1. The molecule has 0 bridgehead atoms. The molecule has 1 nitrogen and oxygen atoms in total. The molecule has 4 rings (SSSR count). The van der Waals surface area contributed by atoms with Gasteiger partial charge in [-0.1, -0.05) is 0 Å². The molecule has 26 heavy (non-hydrogen) atoms. The third-order valence-corrected chi connectivity index (χ3v) is 11.8. The molecule has 0 N–H and O–H groups in total. The van der Waals surface area contributed by atoms with Gasteiger partial charge in [0, 0.05) is 0 Å². The number of allylic oxidation sites excluding steroid dienone is 1. The Morgan fingerprint density at radius 3 is 1.46 bits per heavy atom. The summed E-state index contributed by atoms with van der Waals surface area (Å²) in [6.45, 7) is 0.771. The van der Waals surface area contributed by atoms with Gasteiger partial charge in [-0.2, -0.15) is 0 Å². The maximum absolute atomic E-state index is 7.93. The summed E-state index contributed by atoms with van der Waals surface area (Å²) in [7, 11) is 0. The van der Waals surface area contributed by atoms with E-state index in [0.717, 1.165) is 41.1 Å². The van der Waals surface area contributed by atoms with Crippen molar-refractivity contribution in [2.75, 3.05) is 6.61 Å². The molecule has 1 heterocycles. The first kappa shape index (κ1) is 17.3. The maximum atomic E-state index is 7.93. The van der Waals surface area contributed by atoms with E-state index in [0.29, 0.717) is 0 Å². The summed E-state index contributed by atoms with van der Waals surface area (Å²) < 4.78 is 5.95. The van der Waals surface area contributed by atoms with Gasteiger partial charge in [0.25, 0.3) is 0 Å². The second-order valence-electron chi connectivity index (χ2n) is 6.63. The molecule has 0 radical (unpaired) electrons. The molecule has 0 aromatic heterocycles. The average molecular weight is 381 g/mol. The van der Waals surface area contributed by atoms with E-state index >= 15 is 0 Å². The molecule has 3 aromatic rings. The summed E-state index contributed by atoms with van der Waals surface area (Å²) in [5, 5.41) is 3.42. The molecule has 132 valence electrons. The standard InChI is InChI=1S/C23H22ClOP/c24-26(19-20-11-10-18-25-20,21-12-4-1-5-13-21,22-14-6-2-7-15-22)23-16-8-3-9-17-23/h1-9,12-17,19H,10-11,18H2. The second-order valence-corrected chi connectivity index (χ2v) is 12.7. The number of benzene rings is 3. The van der Waals surface area contributed by atoms with Gasteiger partial charge in [0.2, 0.25) is 0 Å².